The molecule has 1 aromatic rings. The summed E-state index contributed by atoms with van der Waals surface area (Å²) in [5, 5.41) is 6.31. The fourth-order valence-corrected chi connectivity index (χ4v) is 3.49. The molecule has 0 saturated carbocycles. The van der Waals surface area contributed by atoms with Crippen LogP contribution in [0.15, 0.2) is 12.1 Å². The number of hydrogen-bond acceptors (Lipinski definition) is 6. The van der Waals surface area contributed by atoms with Crippen LogP contribution in [0.1, 0.15) is 12.0 Å². The molecule has 1 amide bonds. The number of rotatable bonds is 7. The number of nitrogens with one attached hydrogen (secondary N) is 2. The first-order valence-electron chi connectivity index (χ1n) is 7.55. The van der Waals surface area contributed by atoms with Crippen molar-refractivity contribution in [1.82, 2.24) is 10.6 Å². The van der Waals surface area contributed by atoms with Gasteiger partial charge in [-0.05, 0) is 12.1 Å². The molecule has 0 aliphatic carbocycles. The van der Waals surface area contributed by atoms with E-state index >= 15 is 0 Å². The van der Waals surface area contributed by atoms with E-state index in [0.717, 1.165) is 23.6 Å². The Morgan fingerprint density at radius 1 is 1.26 bits per heavy atom. The second-order valence-corrected chi connectivity index (χ2v) is 6.35. The van der Waals surface area contributed by atoms with Crippen molar-refractivity contribution in [1.29, 1.82) is 0 Å². The summed E-state index contributed by atoms with van der Waals surface area (Å²) in [5.74, 6) is 3.84. The van der Waals surface area contributed by atoms with E-state index in [9.17, 15) is 4.79 Å². The molecule has 2 N–H and O–H groups in total. The third-order valence-electron chi connectivity index (χ3n) is 3.69. The first kappa shape index (κ1) is 17.7. The van der Waals surface area contributed by atoms with Gasteiger partial charge in [-0.1, -0.05) is 0 Å². The first-order valence-corrected chi connectivity index (χ1v) is 8.70. The average Bonchev–Trinajstić information content (AvgIpc) is 2.59. The maximum Gasteiger partial charge on any atom is 0.221 e. The number of carbonyl (C=O) groups is 1. The fourth-order valence-electron chi connectivity index (χ4n) is 2.54. The highest BCUT2D eigenvalue weighted by atomic mass is 32.2. The Morgan fingerprint density at radius 3 is 2.65 bits per heavy atom. The summed E-state index contributed by atoms with van der Waals surface area (Å²) in [4.78, 5) is 12.1. The molecule has 1 fully saturated rings. The van der Waals surface area contributed by atoms with Gasteiger partial charge in [0.25, 0.3) is 0 Å². The monoisotopic (exact) mass is 340 g/mol. The van der Waals surface area contributed by atoms with Crippen LogP contribution in [0.5, 0.6) is 17.2 Å². The van der Waals surface area contributed by atoms with Gasteiger partial charge in [-0.15, -0.1) is 0 Å². The number of methoxy groups -OCH3 is 3. The summed E-state index contributed by atoms with van der Waals surface area (Å²) in [6, 6.07) is 3.93. The Hall–Kier alpha value is -1.60. The topological polar surface area (TPSA) is 68.8 Å². The molecule has 1 aliphatic heterocycles. The van der Waals surface area contributed by atoms with Gasteiger partial charge in [-0.25, -0.2) is 0 Å². The van der Waals surface area contributed by atoms with Crippen LogP contribution in [-0.2, 0) is 11.3 Å². The molecule has 1 heterocycles. The standard InChI is InChI=1S/C16H24N2O4S/c1-20-13-5-4-11(15(21-2)16(13)22-3)9-18-14(19)8-12-10-23-7-6-17-12/h4-5,12,17H,6-10H2,1-3H3,(H,18,19). The molecule has 0 spiro atoms. The van der Waals surface area contributed by atoms with Crippen LogP contribution in [0.3, 0.4) is 0 Å². The molecular weight excluding hydrogens is 316 g/mol. The molecule has 0 radical (unpaired) electrons. The largest absolute Gasteiger partial charge is 0.493 e. The van der Waals surface area contributed by atoms with Crippen molar-refractivity contribution in [2.75, 3.05) is 39.4 Å². The molecule has 1 aliphatic rings. The van der Waals surface area contributed by atoms with Crippen molar-refractivity contribution in [2.24, 2.45) is 0 Å². The van der Waals surface area contributed by atoms with E-state index in [1.807, 2.05) is 23.9 Å². The summed E-state index contributed by atoms with van der Waals surface area (Å²) in [6.07, 6.45) is 0.489. The van der Waals surface area contributed by atoms with Gasteiger partial charge in [0.15, 0.2) is 11.5 Å². The van der Waals surface area contributed by atoms with E-state index < -0.39 is 0 Å². The molecule has 1 unspecified atom stereocenters. The molecule has 23 heavy (non-hydrogen) atoms. The summed E-state index contributed by atoms with van der Waals surface area (Å²) in [7, 11) is 4.72. The maximum atomic E-state index is 12.1. The van der Waals surface area contributed by atoms with E-state index in [2.05, 4.69) is 10.6 Å². The highest BCUT2D eigenvalue weighted by molar-refractivity contribution is 7.99. The van der Waals surface area contributed by atoms with Crippen LogP contribution in [0.2, 0.25) is 0 Å². The number of hydrogen-bond donors (Lipinski definition) is 2. The summed E-state index contributed by atoms with van der Waals surface area (Å²) in [5.41, 5.74) is 0.851. The zero-order valence-electron chi connectivity index (χ0n) is 13.8. The third-order valence-corrected chi connectivity index (χ3v) is 4.82. The van der Waals surface area contributed by atoms with Crippen molar-refractivity contribution in [3.8, 4) is 17.2 Å². The Kier molecular flexibility index (Phi) is 6.85. The minimum atomic E-state index is 0.0295. The van der Waals surface area contributed by atoms with Gasteiger partial charge in [-0.2, -0.15) is 11.8 Å². The summed E-state index contributed by atoms with van der Waals surface area (Å²) >= 11 is 1.88. The molecule has 6 nitrogen and oxygen atoms in total. The Bertz CT molecular complexity index is 533. The molecule has 128 valence electrons. The van der Waals surface area contributed by atoms with Gasteiger partial charge >= 0.3 is 0 Å². The van der Waals surface area contributed by atoms with Gasteiger partial charge < -0.3 is 24.8 Å². The fraction of sp³-hybridized carbons (Fsp3) is 0.562. The number of thioether (sulfide) groups is 1. The Morgan fingerprint density at radius 2 is 2.04 bits per heavy atom. The van der Waals surface area contributed by atoms with Gasteiger partial charge in [0.05, 0.1) is 21.3 Å². The van der Waals surface area contributed by atoms with Gasteiger partial charge in [0.1, 0.15) is 0 Å². The van der Waals surface area contributed by atoms with E-state index in [1.165, 1.54) is 0 Å². The van der Waals surface area contributed by atoms with E-state index in [-0.39, 0.29) is 11.9 Å². The quantitative estimate of drug-likeness (QED) is 0.782. The van der Waals surface area contributed by atoms with Crippen molar-refractivity contribution in [2.45, 2.75) is 19.0 Å². The highest BCUT2D eigenvalue weighted by Gasteiger charge is 2.18. The van der Waals surface area contributed by atoms with Crippen LogP contribution in [-0.4, -0.2) is 51.3 Å². The Balaban J connectivity index is 1.97. The summed E-state index contributed by atoms with van der Waals surface area (Å²) in [6.45, 7) is 1.36. The highest BCUT2D eigenvalue weighted by Crippen LogP contribution is 2.39. The van der Waals surface area contributed by atoms with E-state index in [4.69, 9.17) is 14.2 Å². The Labute approximate surface area is 141 Å². The number of carbonyl (C=O) groups excluding carboxylic acids is 1. The van der Waals surface area contributed by atoms with Crippen molar-refractivity contribution in [3.63, 3.8) is 0 Å². The normalized spacial score (nSPS) is 17.4. The maximum absolute atomic E-state index is 12.1. The van der Waals surface area contributed by atoms with Crippen molar-refractivity contribution in [3.05, 3.63) is 17.7 Å². The lowest BCUT2D eigenvalue weighted by molar-refractivity contribution is -0.121. The third kappa shape index (κ3) is 4.68. The molecular formula is C16H24N2O4S. The smallest absolute Gasteiger partial charge is 0.221 e. The second kappa shape index (κ2) is 8.88. The lowest BCUT2D eigenvalue weighted by Crippen LogP contribution is -2.41. The number of benzene rings is 1. The minimum absolute atomic E-state index is 0.0295. The van der Waals surface area contributed by atoms with Crippen LogP contribution >= 0.6 is 11.8 Å². The van der Waals surface area contributed by atoms with Crippen LogP contribution in [0.25, 0.3) is 0 Å². The van der Waals surface area contributed by atoms with Gasteiger partial charge in [0.2, 0.25) is 11.7 Å². The lowest BCUT2D eigenvalue weighted by atomic mass is 10.1. The second-order valence-electron chi connectivity index (χ2n) is 5.20. The summed E-state index contributed by atoms with van der Waals surface area (Å²) < 4.78 is 16.0. The molecule has 0 aromatic heterocycles. The number of ether oxygens (including phenoxy) is 3. The number of amides is 1. The van der Waals surface area contributed by atoms with Crippen LogP contribution in [0.4, 0.5) is 0 Å². The average molecular weight is 340 g/mol. The molecule has 0 bridgehead atoms. The molecule has 2 rings (SSSR count). The van der Waals surface area contributed by atoms with Crippen molar-refractivity contribution < 1.29 is 19.0 Å². The first-order chi connectivity index (χ1) is 11.2. The minimum Gasteiger partial charge on any atom is -0.493 e. The predicted molar refractivity (Wildman–Crippen MR) is 91.7 cm³/mol. The zero-order valence-corrected chi connectivity index (χ0v) is 14.6. The molecule has 1 atom stereocenters. The van der Waals surface area contributed by atoms with Crippen molar-refractivity contribution >= 4 is 17.7 Å². The van der Waals surface area contributed by atoms with Gasteiger partial charge in [0, 0.05) is 42.6 Å². The zero-order chi connectivity index (χ0) is 16.7. The van der Waals surface area contributed by atoms with Gasteiger partial charge in [-0.3, -0.25) is 4.79 Å². The molecule has 7 heteroatoms. The van der Waals surface area contributed by atoms with Crippen LogP contribution in [0, 0.1) is 0 Å². The van der Waals surface area contributed by atoms with Crippen LogP contribution < -0.4 is 24.8 Å². The SMILES string of the molecule is COc1ccc(CNC(=O)CC2CSCCN2)c(OC)c1OC. The predicted octanol–water partition coefficient (Wildman–Crippen LogP) is 1.42. The molecule has 1 saturated heterocycles. The van der Waals surface area contributed by atoms with E-state index in [1.54, 1.807) is 21.3 Å². The lowest BCUT2D eigenvalue weighted by Gasteiger charge is -2.22. The van der Waals surface area contributed by atoms with E-state index in [0.29, 0.717) is 30.2 Å². The molecule has 1 aromatic carbocycles.